The number of amides is 3. The number of nitrogens with zero attached hydrogens (tertiary/aromatic N) is 1. The average molecular weight is 479 g/mol. The second-order valence-corrected chi connectivity index (χ2v) is 8.06. The predicted octanol–water partition coefficient (Wildman–Crippen LogP) is -1.54. The molecule has 4 atom stereocenters. The van der Waals surface area contributed by atoms with Crippen LogP contribution in [0.1, 0.15) is 31.2 Å². The molecule has 1 heterocycles. The number of hydrogen-bond donors (Lipinski definition) is 6. The van der Waals surface area contributed by atoms with Crippen LogP contribution in [-0.2, 0) is 30.4 Å². The molecule has 1 fully saturated rings. The average Bonchev–Trinajstić information content (AvgIpc) is 3.30. The van der Waals surface area contributed by atoms with Gasteiger partial charge in [-0.05, 0) is 24.8 Å². The number of benzene rings is 1. The van der Waals surface area contributed by atoms with Crippen LogP contribution in [0.5, 0.6) is 0 Å². The maximum atomic E-state index is 13.4. The van der Waals surface area contributed by atoms with Crippen LogP contribution in [0.25, 0.3) is 0 Å². The molecule has 0 bridgehead atoms. The van der Waals surface area contributed by atoms with Crippen molar-refractivity contribution in [1.29, 1.82) is 0 Å². The van der Waals surface area contributed by atoms with E-state index in [0.29, 0.717) is 12.8 Å². The summed E-state index contributed by atoms with van der Waals surface area (Å²) >= 11 is 0. The Kier molecular flexibility index (Phi) is 9.95. The number of carbonyl (C=O) groups excluding carboxylic acids is 3. The Morgan fingerprint density at radius 3 is 2.32 bits per heavy atom. The van der Waals surface area contributed by atoms with Gasteiger partial charge in [0.25, 0.3) is 0 Å². The molecular weight excluding hydrogens is 448 g/mol. The number of aliphatic hydroxyl groups excluding tert-OH is 1. The van der Waals surface area contributed by atoms with E-state index in [1.807, 2.05) is 0 Å². The van der Waals surface area contributed by atoms with E-state index in [-0.39, 0.29) is 25.8 Å². The van der Waals surface area contributed by atoms with Gasteiger partial charge in [0, 0.05) is 19.4 Å². The molecule has 3 amide bonds. The van der Waals surface area contributed by atoms with E-state index in [1.54, 1.807) is 30.3 Å². The molecule has 0 aliphatic carbocycles. The molecule has 12 heteroatoms. The molecule has 1 aromatic carbocycles. The quantitative estimate of drug-likeness (QED) is 0.206. The Bertz CT molecular complexity index is 894. The largest absolute Gasteiger partial charge is 0.481 e. The molecule has 12 nitrogen and oxygen atoms in total. The number of carboxylic acids is 2. The predicted molar refractivity (Wildman–Crippen MR) is 118 cm³/mol. The zero-order valence-electron chi connectivity index (χ0n) is 18.6. The van der Waals surface area contributed by atoms with Gasteiger partial charge in [-0.1, -0.05) is 30.3 Å². The first-order valence-corrected chi connectivity index (χ1v) is 10.9. The molecule has 1 saturated heterocycles. The molecule has 0 saturated carbocycles. The minimum absolute atomic E-state index is 0.107. The first-order chi connectivity index (χ1) is 16.1. The summed E-state index contributed by atoms with van der Waals surface area (Å²) in [5.41, 5.74) is 6.53. The number of nitrogens with one attached hydrogen (secondary N) is 2. The van der Waals surface area contributed by atoms with Gasteiger partial charge in [-0.3, -0.25) is 19.2 Å². The van der Waals surface area contributed by atoms with E-state index in [4.69, 9.17) is 15.9 Å². The van der Waals surface area contributed by atoms with Gasteiger partial charge in [-0.2, -0.15) is 0 Å². The number of hydrogen-bond acceptors (Lipinski definition) is 7. The van der Waals surface area contributed by atoms with E-state index in [1.165, 1.54) is 4.90 Å². The summed E-state index contributed by atoms with van der Waals surface area (Å²) in [7, 11) is 0. The molecule has 186 valence electrons. The number of rotatable bonds is 12. The van der Waals surface area contributed by atoms with Crippen LogP contribution in [0.2, 0.25) is 0 Å². The molecule has 0 radical (unpaired) electrons. The molecular formula is C22H30N4O8. The highest BCUT2D eigenvalue weighted by Crippen LogP contribution is 2.20. The Hall–Kier alpha value is -3.51. The van der Waals surface area contributed by atoms with Gasteiger partial charge >= 0.3 is 11.9 Å². The van der Waals surface area contributed by atoms with Crippen molar-refractivity contribution in [2.24, 2.45) is 5.73 Å². The van der Waals surface area contributed by atoms with Gasteiger partial charge in [-0.15, -0.1) is 0 Å². The van der Waals surface area contributed by atoms with Crippen molar-refractivity contribution in [2.45, 2.75) is 56.3 Å². The number of aliphatic carboxylic acids is 2. The first-order valence-electron chi connectivity index (χ1n) is 10.9. The van der Waals surface area contributed by atoms with Crippen LogP contribution in [0.15, 0.2) is 30.3 Å². The van der Waals surface area contributed by atoms with Crippen molar-refractivity contribution in [2.75, 3.05) is 13.2 Å². The molecule has 1 aliphatic heterocycles. The van der Waals surface area contributed by atoms with Crippen molar-refractivity contribution >= 4 is 29.7 Å². The van der Waals surface area contributed by atoms with E-state index in [2.05, 4.69) is 10.6 Å². The van der Waals surface area contributed by atoms with Crippen molar-refractivity contribution in [3.63, 3.8) is 0 Å². The fourth-order valence-electron chi connectivity index (χ4n) is 3.70. The Balaban J connectivity index is 2.18. The summed E-state index contributed by atoms with van der Waals surface area (Å²) < 4.78 is 0. The fraction of sp³-hybridized carbons (Fsp3) is 0.500. The summed E-state index contributed by atoms with van der Waals surface area (Å²) in [6.45, 7) is -0.581. The molecule has 0 spiro atoms. The Morgan fingerprint density at radius 1 is 1.06 bits per heavy atom. The third kappa shape index (κ3) is 7.52. The van der Waals surface area contributed by atoms with Crippen molar-refractivity contribution in [3.8, 4) is 0 Å². The topological polar surface area (TPSA) is 199 Å². The molecule has 0 unspecified atom stereocenters. The van der Waals surface area contributed by atoms with Gasteiger partial charge in [0.1, 0.15) is 18.1 Å². The zero-order valence-corrected chi connectivity index (χ0v) is 18.6. The van der Waals surface area contributed by atoms with Gasteiger partial charge in [-0.25, -0.2) is 4.79 Å². The number of nitrogens with two attached hydrogens (primary N) is 1. The number of aliphatic hydroxyl groups is 1. The zero-order chi connectivity index (χ0) is 25.3. The lowest BCUT2D eigenvalue weighted by molar-refractivity contribution is -0.145. The highest BCUT2D eigenvalue weighted by Gasteiger charge is 2.39. The summed E-state index contributed by atoms with van der Waals surface area (Å²) in [6.07, 6.45) is 0.469. The molecule has 2 rings (SSSR count). The van der Waals surface area contributed by atoms with Crippen LogP contribution in [-0.4, -0.2) is 87.2 Å². The standard InChI is InChI=1S/C22H30N4O8/c23-14(8-9-18(28)29)19(30)24-15(11-13-5-2-1-3-6-13)21(32)26-10-4-7-17(26)20(31)25-16(12-27)22(33)34/h1-3,5-6,14-17,27H,4,7-12,23H2,(H,24,30)(H,25,31)(H,28,29)(H,33,34)/t14-,15-,16-,17-/m0/s1. The third-order valence-corrected chi connectivity index (χ3v) is 5.54. The second-order valence-electron chi connectivity index (χ2n) is 8.06. The Morgan fingerprint density at radius 2 is 1.74 bits per heavy atom. The lowest BCUT2D eigenvalue weighted by atomic mass is 10.0. The van der Waals surface area contributed by atoms with Crippen molar-refractivity contribution < 1.29 is 39.3 Å². The minimum Gasteiger partial charge on any atom is -0.481 e. The normalized spacial score (nSPS) is 17.9. The maximum absolute atomic E-state index is 13.4. The first kappa shape index (κ1) is 26.7. The van der Waals surface area contributed by atoms with Crippen LogP contribution < -0.4 is 16.4 Å². The van der Waals surface area contributed by atoms with Gasteiger partial charge in [0.15, 0.2) is 0 Å². The van der Waals surface area contributed by atoms with Crippen molar-refractivity contribution in [3.05, 3.63) is 35.9 Å². The van der Waals surface area contributed by atoms with Gasteiger partial charge in [0.2, 0.25) is 17.7 Å². The number of carbonyl (C=O) groups is 5. The summed E-state index contributed by atoms with van der Waals surface area (Å²) in [6, 6.07) is 4.19. The van der Waals surface area contributed by atoms with Crippen LogP contribution in [0, 0.1) is 0 Å². The lowest BCUT2D eigenvalue weighted by Crippen LogP contribution is -2.57. The molecule has 1 aromatic rings. The van der Waals surface area contributed by atoms with E-state index >= 15 is 0 Å². The monoisotopic (exact) mass is 478 g/mol. The van der Waals surface area contributed by atoms with E-state index < -0.39 is 60.4 Å². The number of likely N-dealkylation sites (tertiary alicyclic amines) is 1. The molecule has 0 aromatic heterocycles. The van der Waals surface area contributed by atoms with Crippen molar-refractivity contribution in [1.82, 2.24) is 15.5 Å². The van der Waals surface area contributed by atoms with E-state index in [0.717, 1.165) is 5.56 Å². The smallest absolute Gasteiger partial charge is 0.328 e. The minimum atomic E-state index is -1.50. The lowest BCUT2D eigenvalue weighted by Gasteiger charge is -2.30. The summed E-state index contributed by atoms with van der Waals surface area (Å²) in [5, 5.41) is 31.9. The van der Waals surface area contributed by atoms with Crippen LogP contribution >= 0.6 is 0 Å². The highest BCUT2D eigenvalue weighted by atomic mass is 16.4. The summed E-state index contributed by atoms with van der Waals surface area (Å²) in [4.78, 5) is 61.8. The third-order valence-electron chi connectivity index (χ3n) is 5.54. The summed E-state index contributed by atoms with van der Waals surface area (Å²) in [5.74, 6) is -4.46. The molecule has 7 N–H and O–H groups in total. The highest BCUT2D eigenvalue weighted by molar-refractivity contribution is 5.94. The fourth-order valence-corrected chi connectivity index (χ4v) is 3.70. The number of carboxylic acid groups (broad SMARTS) is 2. The molecule has 1 aliphatic rings. The molecule has 34 heavy (non-hydrogen) atoms. The van der Waals surface area contributed by atoms with Gasteiger partial charge < -0.3 is 36.6 Å². The maximum Gasteiger partial charge on any atom is 0.328 e. The van der Waals surface area contributed by atoms with Crippen LogP contribution in [0.3, 0.4) is 0 Å². The van der Waals surface area contributed by atoms with E-state index in [9.17, 15) is 29.1 Å². The second kappa shape index (κ2) is 12.7. The van der Waals surface area contributed by atoms with Gasteiger partial charge in [0.05, 0.1) is 12.6 Å². The SMILES string of the molecule is N[C@@H](CCC(=O)O)C(=O)N[C@@H](Cc1ccccc1)C(=O)N1CCC[C@H]1C(=O)N[C@@H](CO)C(=O)O. The van der Waals surface area contributed by atoms with Crippen LogP contribution in [0.4, 0.5) is 0 Å². The Labute approximate surface area is 196 Å².